The number of primary amides is 1. The maximum absolute atomic E-state index is 11.8. The number of hydrogen-bond donors (Lipinski definition) is 3. The highest BCUT2D eigenvalue weighted by Crippen LogP contribution is 2.25. The van der Waals surface area contributed by atoms with Crippen molar-refractivity contribution in [2.24, 2.45) is 5.73 Å². The zero-order valence-corrected chi connectivity index (χ0v) is 15.6. The van der Waals surface area contributed by atoms with Crippen LogP contribution in [0.2, 0.25) is 0 Å². The van der Waals surface area contributed by atoms with Gasteiger partial charge in [0.1, 0.15) is 6.61 Å². The van der Waals surface area contributed by atoms with E-state index in [0.29, 0.717) is 13.0 Å². The number of benzene rings is 2. The van der Waals surface area contributed by atoms with Crippen LogP contribution in [-0.4, -0.2) is 29.3 Å². The average Bonchev–Trinajstić information content (AvgIpc) is 3.08. The van der Waals surface area contributed by atoms with Crippen molar-refractivity contribution in [1.82, 2.24) is 10.3 Å². The fourth-order valence-corrected chi connectivity index (χ4v) is 3.36. The molecule has 1 heterocycles. The number of hydrogen-bond acceptors (Lipinski definition) is 4. The number of rotatable bonds is 8. The summed E-state index contributed by atoms with van der Waals surface area (Å²) >= 11 is 1.41. The summed E-state index contributed by atoms with van der Waals surface area (Å²) in [5.74, 6) is -0.0901. The number of nitrogens with one attached hydrogen (secondary N) is 2. The molecule has 0 atom stereocenters. The fraction of sp³-hybridized carbons (Fsp3) is 0.200. The molecule has 0 radical (unpaired) electrons. The average molecular weight is 383 g/mol. The van der Waals surface area contributed by atoms with Crippen molar-refractivity contribution < 1.29 is 14.3 Å². The third-order valence-electron chi connectivity index (χ3n) is 4.00. The predicted octanol–water partition coefficient (Wildman–Crippen LogP) is 3.21. The van der Waals surface area contributed by atoms with Crippen LogP contribution in [0.4, 0.5) is 4.79 Å². The second-order valence-electron chi connectivity index (χ2n) is 6.01. The maximum atomic E-state index is 11.8. The largest absolute Gasteiger partial charge is 0.445 e. The molecule has 2 aromatic carbocycles. The lowest BCUT2D eigenvalue weighted by molar-refractivity contribution is -0.115. The lowest BCUT2D eigenvalue weighted by Crippen LogP contribution is -2.26. The quantitative estimate of drug-likeness (QED) is 0.520. The molecule has 4 N–H and O–H groups in total. The predicted molar refractivity (Wildman–Crippen MR) is 107 cm³/mol. The van der Waals surface area contributed by atoms with Crippen LogP contribution >= 0.6 is 11.8 Å². The van der Waals surface area contributed by atoms with E-state index in [1.165, 1.54) is 11.8 Å². The van der Waals surface area contributed by atoms with Gasteiger partial charge in [-0.1, -0.05) is 30.3 Å². The first kappa shape index (κ1) is 18.8. The molecule has 140 valence electrons. The van der Waals surface area contributed by atoms with E-state index in [1.807, 2.05) is 54.7 Å². The Balaban J connectivity index is 1.51. The molecule has 3 rings (SSSR count). The number of carbonyl (C=O) groups excluding carboxylic acids is 2. The molecule has 1 aromatic heterocycles. The molecule has 0 fully saturated rings. The standard InChI is InChI=1S/C20H21N3O3S/c21-19(24)13-27-16-6-7-18-17(10-16)15(11-23-18)8-9-22-20(25)26-12-14-4-2-1-3-5-14/h1-7,10-11,23H,8-9,12-13H2,(H2,21,24)(H,22,25). The minimum atomic E-state index is -0.434. The van der Waals surface area contributed by atoms with Crippen molar-refractivity contribution in [2.75, 3.05) is 12.3 Å². The van der Waals surface area contributed by atoms with E-state index in [0.717, 1.165) is 26.9 Å². The van der Waals surface area contributed by atoms with Gasteiger partial charge in [-0.3, -0.25) is 4.79 Å². The monoisotopic (exact) mass is 383 g/mol. The van der Waals surface area contributed by atoms with Crippen LogP contribution in [0.5, 0.6) is 0 Å². The van der Waals surface area contributed by atoms with Gasteiger partial charge in [-0.15, -0.1) is 11.8 Å². The van der Waals surface area contributed by atoms with E-state index < -0.39 is 6.09 Å². The van der Waals surface area contributed by atoms with Gasteiger partial charge in [0.05, 0.1) is 5.75 Å². The summed E-state index contributed by atoms with van der Waals surface area (Å²) in [5.41, 5.74) is 8.26. The Morgan fingerprint density at radius 3 is 2.74 bits per heavy atom. The fourth-order valence-electron chi connectivity index (χ4n) is 2.68. The molecular formula is C20H21N3O3S. The summed E-state index contributed by atoms with van der Waals surface area (Å²) in [4.78, 5) is 27.0. The molecule has 6 nitrogen and oxygen atoms in total. The van der Waals surface area contributed by atoms with Gasteiger partial charge in [-0.05, 0) is 35.7 Å². The van der Waals surface area contributed by atoms with Gasteiger partial charge in [-0.25, -0.2) is 4.79 Å². The number of carbonyl (C=O) groups is 2. The Bertz CT molecular complexity index is 925. The molecule has 7 heteroatoms. The summed E-state index contributed by atoms with van der Waals surface area (Å²) in [7, 11) is 0. The van der Waals surface area contributed by atoms with E-state index >= 15 is 0 Å². The van der Waals surface area contributed by atoms with Gasteiger partial charge >= 0.3 is 6.09 Å². The molecule has 0 aliphatic carbocycles. The van der Waals surface area contributed by atoms with E-state index in [9.17, 15) is 9.59 Å². The summed E-state index contributed by atoms with van der Waals surface area (Å²) < 4.78 is 5.20. The zero-order valence-electron chi connectivity index (χ0n) is 14.7. The first-order valence-electron chi connectivity index (χ1n) is 8.57. The maximum Gasteiger partial charge on any atom is 0.407 e. The second-order valence-corrected chi connectivity index (χ2v) is 7.06. The summed E-state index contributed by atoms with van der Waals surface area (Å²) in [5, 5.41) is 3.84. The number of alkyl carbamates (subject to hydrolysis) is 1. The molecule has 2 amide bonds. The highest BCUT2D eigenvalue weighted by molar-refractivity contribution is 8.00. The Hall–Kier alpha value is -2.93. The molecule has 0 bridgehead atoms. The number of aromatic amines is 1. The minimum absolute atomic E-state index is 0.250. The normalized spacial score (nSPS) is 10.7. The lowest BCUT2D eigenvalue weighted by atomic mass is 10.1. The molecule has 0 saturated carbocycles. The summed E-state index contributed by atoms with van der Waals surface area (Å²) in [6.45, 7) is 0.722. The smallest absolute Gasteiger partial charge is 0.407 e. The van der Waals surface area contributed by atoms with Crippen molar-refractivity contribution in [3.8, 4) is 0 Å². The van der Waals surface area contributed by atoms with E-state index in [2.05, 4.69) is 10.3 Å². The molecule has 0 aliphatic rings. The van der Waals surface area contributed by atoms with Crippen molar-refractivity contribution >= 4 is 34.7 Å². The van der Waals surface area contributed by atoms with Crippen LogP contribution in [0.25, 0.3) is 10.9 Å². The van der Waals surface area contributed by atoms with E-state index in [-0.39, 0.29) is 18.3 Å². The van der Waals surface area contributed by atoms with Crippen molar-refractivity contribution in [2.45, 2.75) is 17.9 Å². The number of H-pyrrole nitrogens is 1. The number of aromatic nitrogens is 1. The molecule has 0 aliphatic heterocycles. The Morgan fingerprint density at radius 1 is 1.15 bits per heavy atom. The van der Waals surface area contributed by atoms with Crippen LogP contribution in [-0.2, 0) is 22.6 Å². The van der Waals surface area contributed by atoms with Crippen LogP contribution in [0.15, 0.2) is 59.6 Å². The molecule has 0 saturated heterocycles. The van der Waals surface area contributed by atoms with Crippen molar-refractivity contribution in [3.05, 3.63) is 65.9 Å². The lowest BCUT2D eigenvalue weighted by Gasteiger charge is -2.07. The number of thioether (sulfide) groups is 1. The van der Waals surface area contributed by atoms with Crippen LogP contribution < -0.4 is 11.1 Å². The third kappa shape index (κ3) is 5.52. The highest BCUT2D eigenvalue weighted by Gasteiger charge is 2.08. The van der Waals surface area contributed by atoms with Crippen LogP contribution in [0.3, 0.4) is 0 Å². The highest BCUT2D eigenvalue weighted by atomic mass is 32.2. The van der Waals surface area contributed by atoms with Gasteiger partial charge in [0.25, 0.3) is 0 Å². The third-order valence-corrected chi connectivity index (χ3v) is 5.01. The molecule has 3 aromatic rings. The first-order chi connectivity index (χ1) is 13.1. The van der Waals surface area contributed by atoms with Gasteiger partial charge in [-0.2, -0.15) is 0 Å². The number of ether oxygens (including phenoxy) is 1. The molecule has 0 unspecified atom stereocenters. The Kier molecular flexibility index (Phi) is 6.38. The Labute approximate surface area is 161 Å². The van der Waals surface area contributed by atoms with Gasteiger partial charge < -0.3 is 20.8 Å². The number of amides is 2. The van der Waals surface area contributed by atoms with Gasteiger partial charge in [0, 0.05) is 28.5 Å². The topological polar surface area (TPSA) is 97.2 Å². The number of fused-ring (bicyclic) bond motifs is 1. The number of nitrogens with two attached hydrogens (primary N) is 1. The Morgan fingerprint density at radius 2 is 1.96 bits per heavy atom. The minimum Gasteiger partial charge on any atom is -0.445 e. The van der Waals surface area contributed by atoms with Crippen molar-refractivity contribution in [3.63, 3.8) is 0 Å². The van der Waals surface area contributed by atoms with Crippen LogP contribution in [0, 0.1) is 0 Å². The zero-order chi connectivity index (χ0) is 19.1. The van der Waals surface area contributed by atoms with Crippen LogP contribution in [0.1, 0.15) is 11.1 Å². The van der Waals surface area contributed by atoms with Gasteiger partial charge in [0.15, 0.2) is 0 Å². The molecule has 0 spiro atoms. The molecule has 27 heavy (non-hydrogen) atoms. The summed E-state index contributed by atoms with van der Waals surface area (Å²) in [6, 6.07) is 15.5. The van der Waals surface area contributed by atoms with E-state index in [1.54, 1.807) is 0 Å². The van der Waals surface area contributed by atoms with Gasteiger partial charge in [0.2, 0.25) is 5.91 Å². The molecular weight excluding hydrogens is 362 g/mol. The SMILES string of the molecule is NC(=O)CSc1ccc2[nH]cc(CCNC(=O)OCc3ccccc3)c2c1. The van der Waals surface area contributed by atoms with Crippen molar-refractivity contribution in [1.29, 1.82) is 0 Å². The van der Waals surface area contributed by atoms with E-state index in [4.69, 9.17) is 10.5 Å². The first-order valence-corrected chi connectivity index (χ1v) is 9.56. The summed E-state index contributed by atoms with van der Waals surface area (Å²) in [6.07, 6.45) is 2.17. The second kappa shape index (κ2) is 9.14.